The van der Waals surface area contributed by atoms with E-state index in [0.29, 0.717) is 0 Å². The van der Waals surface area contributed by atoms with Gasteiger partial charge >= 0.3 is 0 Å². The van der Waals surface area contributed by atoms with Crippen molar-refractivity contribution in [2.24, 2.45) is 0 Å². The van der Waals surface area contributed by atoms with Crippen LogP contribution < -0.4 is 15.6 Å². The number of hydrogen-bond acceptors (Lipinski definition) is 6. The average molecular weight is 441 g/mol. The SMILES string of the molecule is COCC(COC)n1cc(Cl)nc(Nc2c(Cl)cc(OCF)cc2Cl)c1=O. The second kappa shape index (κ2) is 10.1. The van der Waals surface area contributed by atoms with E-state index in [-0.39, 0.29) is 45.7 Å². The lowest BCUT2D eigenvalue weighted by Gasteiger charge is -2.19. The van der Waals surface area contributed by atoms with E-state index in [2.05, 4.69) is 10.3 Å². The predicted molar refractivity (Wildman–Crippen MR) is 103 cm³/mol. The highest BCUT2D eigenvalue weighted by Gasteiger charge is 2.18. The fraction of sp³-hybridized carbons (Fsp3) is 0.375. The van der Waals surface area contributed by atoms with Crippen LogP contribution in [0.25, 0.3) is 0 Å². The summed E-state index contributed by atoms with van der Waals surface area (Å²) < 4.78 is 28.7. The van der Waals surface area contributed by atoms with Gasteiger partial charge in [-0.25, -0.2) is 9.37 Å². The second-order valence-electron chi connectivity index (χ2n) is 5.33. The Morgan fingerprint density at radius 3 is 2.30 bits per heavy atom. The van der Waals surface area contributed by atoms with Gasteiger partial charge in [0.1, 0.15) is 10.9 Å². The van der Waals surface area contributed by atoms with Crippen molar-refractivity contribution >= 4 is 46.3 Å². The lowest BCUT2D eigenvalue weighted by atomic mass is 10.3. The molecule has 7 nitrogen and oxygen atoms in total. The maximum atomic E-state index is 12.8. The van der Waals surface area contributed by atoms with Gasteiger partial charge in [0.05, 0.1) is 35.0 Å². The molecular formula is C16H17Cl3FN3O4. The molecule has 2 rings (SSSR count). The van der Waals surface area contributed by atoms with Gasteiger partial charge in [-0.3, -0.25) is 4.79 Å². The summed E-state index contributed by atoms with van der Waals surface area (Å²) in [5.74, 6) is 0.0532. The monoisotopic (exact) mass is 439 g/mol. The lowest BCUT2D eigenvalue weighted by molar-refractivity contribution is 0.0879. The van der Waals surface area contributed by atoms with Gasteiger partial charge in [-0.05, 0) is 0 Å². The highest BCUT2D eigenvalue weighted by molar-refractivity contribution is 6.39. The lowest BCUT2D eigenvalue weighted by Crippen LogP contribution is -2.32. The van der Waals surface area contributed by atoms with Crippen LogP contribution in [0.15, 0.2) is 23.1 Å². The zero-order valence-electron chi connectivity index (χ0n) is 14.5. The summed E-state index contributed by atoms with van der Waals surface area (Å²) in [5.41, 5.74) is -0.271. The first-order valence-corrected chi connectivity index (χ1v) is 8.76. The molecule has 0 fully saturated rings. The Morgan fingerprint density at radius 2 is 1.78 bits per heavy atom. The molecule has 0 aliphatic carbocycles. The Balaban J connectivity index is 2.44. The van der Waals surface area contributed by atoms with Crippen molar-refractivity contribution in [1.82, 2.24) is 9.55 Å². The number of aromatic nitrogens is 2. The maximum Gasteiger partial charge on any atom is 0.294 e. The van der Waals surface area contributed by atoms with E-state index in [1.165, 1.54) is 37.1 Å². The highest BCUT2D eigenvalue weighted by atomic mass is 35.5. The summed E-state index contributed by atoms with van der Waals surface area (Å²) in [6, 6.07) is 2.30. The molecule has 0 aliphatic rings. The number of nitrogens with one attached hydrogen (secondary N) is 1. The standard InChI is InChI=1S/C16H17Cl3FN3O4/c1-25-6-9(7-26-2)23-5-13(19)21-15(16(23)24)22-14-11(17)3-10(27-8-20)4-12(14)18/h3-5,9H,6-8H2,1-2H3,(H,21,22). The van der Waals surface area contributed by atoms with Gasteiger partial charge in [0.2, 0.25) is 6.86 Å². The molecule has 11 heteroatoms. The van der Waals surface area contributed by atoms with Crippen molar-refractivity contribution in [3.05, 3.63) is 43.9 Å². The van der Waals surface area contributed by atoms with Crippen LogP contribution in [0, 0.1) is 0 Å². The number of benzene rings is 1. The van der Waals surface area contributed by atoms with E-state index in [1.54, 1.807) is 0 Å². The molecule has 0 unspecified atom stereocenters. The Bertz CT molecular complexity index is 821. The number of alkyl halides is 1. The number of methoxy groups -OCH3 is 2. The van der Waals surface area contributed by atoms with Gasteiger partial charge in [-0.15, -0.1) is 0 Å². The van der Waals surface area contributed by atoms with E-state index >= 15 is 0 Å². The van der Waals surface area contributed by atoms with E-state index in [4.69, 9.17) is 49.0 Å². The van der Waals surface area contributed by atoms with Crippen molar-refractivity contribution in [3.63, 3.8) is 0 Å². The summed E-state index contributed by atoms with van der Waals surface area (Å²) in [6.45, 7) is -0.574. The summed E-state index contributed by atoms with van der Waals surface area (Å²) >= 11 is 18.4. The Hall–Kier alpha value is -1.58. The first-order valence-electron chi connectivity index (χ1n) is 7.62. The van der Waals surface area contributed by atoms with Crippen LogP contribution in [0.2, 0.25) is 15.2 Å². The third kappa shape index (κ3) is 5.46. The third-order valence-corrected chi connectivity index (χ3v) is 4.27. The van der Waals surface area contributed by atoms with Crippen LogP contribution in [0.1, 0.15) is 6.04 Å². The zero-order chi connectivity index (χ0) is 20.0. The molecule has 0 spiro atoms. The van der Waals surface area contributed by atoms with Crippen LogP contribution in [0.3, 0.4) is 0 Å². The van der Waals surface area contributed by atoms with Gasteiger partial charge in [0, 0.05) is 32.5 Å². The molecule has 0 radical (unpaired) electrons. The number of rotatable bonds is 9. The first kappa shape index (κ1) is 21.7. The normalized spacial score (nSPS) is 11.1. The quantitative estimate of drug-likeness (QED) is 0.633. The largest absolute Gasteiger partial charge is 0.463 e. The van der Waals surface area contributed by atoms with E-state index in [1.807, 2.05) is 0 Å². The van der Waals surface area contributed by atoms with E-state index in [0.717, 1.165) is 0 Å². The minimum Gasteiger partial charge on any atom is -0.463 e. The Labute approximate surface area is 169 Å². The number of nitrogens with zero attached hydrogens (tertiary/aromatic N) is 2. The predicted octanol–water partition coefficient (Wildman–Crippen LogP) is 4.09. The summed E-state index contributed by atoms with van der Waals surface area (Å²) in [5, 5.41) is 3.07. The fourth-order valence-electron chi connectivity index (χ4n) is 2.36. The summed E-state index contributed by atoms with van der Waals surface area (Å²) in [7, 11) is 3.02. The smallest absolute Gasteiger partial charge is 0.294 e. The number of halogens is 4. The Kier molecular flexibility index (Phi) is 8.12. The molecule has 148 valence electrons. The van der Waals surface area contributed by atoms with Crippen LogP contribution >= 0.6 is 34.8 Å². The number of hydrogen-bond donors (Lipinski definition) is 1. The molecule has 0 aliphatic heterocycles. The van der Waals surface area contributed by atoms with Crippen LogP contribution in [-0.2, 0) is 9.47 Å². The minimum absolute atomic E-state index is 0.0685. The van der Waals surface area contributed by atoms with Crippen LogP contribution in [-0.4, -0.2) is 43.8 Å². The molecule has 1 aromatic carbocycles. The van der Waals surface area contributed by atoms with Crippen molar-refractivity contribution < 1.29 is 18.6 Å². The molecule has 27 heavy (non-hydrogen) atoms. The first-order chi connectivity index (χ1) is 12.9. The molecule has 1 heterocycles. The van der Waals surface area contributed by atoms with E-state index in [9.17, 15) is 9.18 Å². The van der Waals surface area contributed by atoms with Gasteiger partial charge < -0.3 is 24.1 Å². The number of anilines is 2. The van der Waals surface area contributed by atoms with Gasteiger partial charge in [-0.1, -0.05) is 34.8 Å². The molecule has 1 N–H and O–H groups in total. The second-order valence-corrected chi connectivity index (χ2v) is 6.53. The molecular weight excluding hydrogens is 424 g/mol. The van der Waals surface area contributed by atoms with Crippen molar-refractivity contribution in [2.45, 2.75) is 6.04 Å². The van der Waals surface area contributed by atoms with Crippen molar-refractivity contribution in [3.8, 4) is 5.75 Å². The number of ether oxygens (including phenoxy) is 3. The van der Waals surface area contributed by atoms with Crippen LogP contribution in [0.5, 0.6) is 5.75 Å². The van der Waals surface area contributed by atoms with Crippen molar-refractivity contribution in [2.75, 3.05) is 39.6 Å². The van der Waals surface area contributed by atoms with Crippen molar-refractivity contribution in [1.29, 1.82) is 0 Å². The molecule has 0 saturated carbocycles. The Morgan fingerprint density at radius 1 is 1.19 bits per heavy atom. The molecule has 0 bridgehead atoms. The average Bonchev–Trinajstić information content (AvgIpc) is 2.61. The summed E-state index contributed by atoms with van der Waals surface area (Å²) in [6.07, 6.45) is 1.39. The minimum atomic E-state index is -1.03. The summed E-state index contributed by atoms with van der Waals surface area (Å²) in [4.78, 5) is 16.8. The molecule has 2 aromatic rings. The molecule has 0 saturated heterocycles. The van der Waals surface area contributed by atoms with Gasteiger partial charge in [-0.2, -0.15) is 0 Å². The maximum absolute atomic E-state index is 12.8. The molecule has 0 amide bonds. The van der Waals surface area contributed by atoms with E-state index < -0.39 is 18.5 Å². The molecule has 1 aromatic heterocycles. The van der Waals surface area contributed by atoms with Crippen LogP contribution in [0.4, 0.5) is 15.9 Å². The third-order valence-electron chi connectivity index (χ3n) is 3.49. The van der Waals surface area contributed by atoms with Gasteiger partial charge in [0.25, 0.3) is 5.56 Å². The molecule has 0 atom stereocenters. The zero-order valence-corrected chi connectivity index (χ0v) is 16.7. The fourth-order valence-corrected chi connectivity index (χ4v) is 3.11. The van der Waals surface area contributed by atoms with Gasteiger partial charge in [0.15, 0.2) is 5.82 Å². The highest BCUT2D eigenvalue weighted by Crippen LogP contribution is 2.36. The topological polar surface area (TPSA) is 74.6 Å².